The van der Waals surface area contributed by atoms with E-state index in [2.05, 4.69) is 39.6 Å². The van der Waals surface area contributed by atoms with Gasteiger partial charge in [0.2, 0.25) is 0 Å². The van der Waals surface area contributed by atoms with Gasteiger partial charge >= 0.3 is 0 Å². The Morgan fingerprint density at radius 2 is 2.05 bits per heavy atom. The SMILES string of the molecule is CC(C)CN1CCN(c2nc3sccn3c2CN)CC1. The van der Waals surface area contributed by atoms with Gasteiger partial charge in [0.1, 0.15) is 0 Å². The first-order chi connectivity index (χ1) is 9.69. The predicted molar refractivity (Wildman–Crippen MR) is 84.5 cm³/mol. The van der Waals surface area contributed by atoms with Crippen molar-refractivity contribution >= 4 is 22.1 Å². The van der Waals surface area contributed by atoms with Crippen LogP contribution in [0.5, 0.6) is 0 Å². The monoisotopic (exact) mass is 293 g/mol. The first-order valence-corrected chi connectivity index (χ1v) is 8.18. The molecular weight excluding hydrogens is 270 g/mol. The van der Waals surface area contributed by atoms with Crippen LogP contribution in [0.4, 0.5) is 5.82 Å². The van der Waals surface area contributed by atoms with Gasteiger partial charge in [0, 0.05) is 50.8 Å². The number of nitrogens with two attached hydrogens (primary N) is 1. The fourth-order valence-electron chi connectivity index (χ4n) is 2.92. The van der Waals surface area contributed by atoms with Crippen LogP contribution in [0.15, 0.2) is 11.6 Å². The normalized spacial score (nSPS) is 17.5. The first kappa shape index (κ1) is 13.9. The summed E-state index contributed by atoms with van der Waals surface area (Å²) in [7, 11) is 0. The lowest BCUT2D eigenvalue weighted by atomic mass is 10.2. The Hall–Kier alpha value is -1.11. The molecule has 0 amide bonds. The number of anilines is 1. The molecule has 0 atom stereocenters. The molecule has 0 spiro atoms. The third-order valence-corrected chi connectivity index (χ3v) is 4.59. The van der Waals surface area contributed by atoms with Crippen molar-refractivity contribution in [2.45, 2.75) is 20.4 Å². The zero-order chi connectivity index (χ0) is 14.1. The van der Waals surface area contributed by atoms with Gasteiger partial charge in [-0.1, -0.05) is 13.8 Å². The summed E-state index contributed by atoms with van der Waals surface area (Å²) in [5.41, 5.74) is 7.06. The number of thiazole rings is 1. The molecule has 1 saturated heterocycles. The highest BCUT2D eigenvalue weighted by Gasteiger charge is 2.22. The molecule has 0 aromatic carbocycles. The van der Waals surface area contributed by atoms with Crippen molar-refractivity contribution in [2.24, 2.45) is 11.7 Å². The van der Waals surface area contributed by atoms with Gasteiger partial charge in [-0.15, -0.1) is 11.3 Å². The summed E-state index contributed by atoms with van der Waals surface area (Å²) in [6.07, 6.45) is 2.06. The van der Waals surface area contributed by atoms with E-state index in [4.69, 9.17) is 10.7 Å². The van der Waals surface area contributed by atoms with Crippen LogP contribution in [-0.4, -0.2) is 47.0 Å². The van der Waals surface area contributed by atoms with Crippen molar-refractivity contribution < 1.29 is 0 Å². The fourth-order valence-corrected chi connectivity index (χ4v) is 3.65. The van der Waals surface area contributed by atoms with Gasteiger partial charge < -0.3 is 10.6 Å². The Balaban J connectivity index is 1.74. The molecule has 3 heterocycles. The van der Waals surface area contributed by atoms with Crippen LogP contribution in [0.3, 0.4) is 0 Å². The van der Waals surface area contributed by atoms with Gasteiger partial charge in [-0.25, -0.2) is 4.98 Å². The van der Waals surface area contributed by atoms with Crippen LogP contribution >= 0.6 is 11.3 Å². The summed E-state index contributed by atoms with van der Waals surface area (Å²) in [4.78, 5) is 10.7. The highest BCUT2D eigenvalue weighted by molar-refractivity contribution is 7.15. The van der Waals surface area contributed by atoms with Gasteiger partial charge in [0.25, 0.3) is 0 Å². The molecule has 0 aliphatic carbocycles. The van der Waals surface area contributed by atoms with Crippen molar-refractivity contribution in [1.82, 2.24) is 14.3 Å². The second kappa shape index (κ2) is 5.71. The minimum atomic E-state index is 0.541. The summed E-state index contributed by atoms with van der Waals surface area (Å²) in [5, 5.41) is 2.06. The van der Waals surface area contributed by atoms with Crippen LogP contribution in [0.2, 0.25) is 0 Å². The van der Waals surface area contributed by atoms with Gasteiger partial charge in [-0.2, -0.15) is 0 Å². The van der Waals surface area contributed by atoms with Crippen molar-refractivity contribution in [3.05, 3.63) is 17.3 Å². The van der Waals surface area contributed by atoms with E-state index in [0.717, 1.165) is 48.6 Å². The van der Waals surface area contributed by atoms with E-state index in [9.17, 15) is 0 Å². The summed E-state index contributed by atoms with van der Waals surface area (Å²) < 4.78 is 2.13. The molecule has 0 unspecified atom stereocenters. The van der Waals surface area contributed by atoms with Crippen LogP contribution in [-0.2, 0) is 6.54 Å². The number of hydrogen-bond donors (Lipinski definition) is 1. The summed E-state index contributed by atoms with van der Waals surface area (Å²) in [6.45, 7) is 10.6. The van der Waals surface area contributed by atoms with E-state index in [1.54, 1.807) is 11.3 Å². The zero-order valence-electron chi connectivity index (χ0n) is 12.2. The maximum atomic E-state index is 5.93. The van der Waals surface area contributed by atoms with E-state index in [1.165, 1.54) is 6.54 Å². The molecular formula is C14H23N5S. The Labute approximate surface area is 124 Å². The third kappa shape index (κ3) is 2.55. The lowest BCUT2D eigenvalue weighted by Gasteiger charge is -2.36. The molecule has 6 heteroatoms. The number of imidazole rings is 1. The van der Waals surface area contributed by atoms with Gasteiger partial charge in [-0.3, -0.25) is 9.30 Å². The van der Waals surface area contributed by atoms with E-state index >= 15 is 0 Å². The molecule has 5 nitrogen and oxygen atoms in total. The highest BCUT2D eigenvalue weighted by atomic mass is 32.1. The topological polar surface area (TPSA) is 49.8 Å². The molecule has 1 aliphatic rings. The fraction of sp³-hybridized carbons (Fsp3) is 0.643. The lowest BCUT2D eigenvalue weighted by molar-refractivity contribution is 0.231. The van der Waals surface area contributed by atoms with Crippen molar-refractivity contribution in [3.63, 3.8) is 0 Å². The quantitative estimate of drug-likeness (QED) is 0.931. The standard InChI is InChI=1S/C14H23N5S/c1-11(2)10-17-3-5-18(6-4-17)13-12(9-15)19-7-8-20-14(19)16-13/h7-8,11H,3-6,9-10,15H2,1-2H3. The molecule has 110 valence electrons. The van der Waals surface area contributed by atoms with Crippen LogP contribution in [0.25, 0.3) is 4.96 Å². The Morgan fingerprint density at radius 1 is 1.30 bits per heavy atom. The molecule has 20 heavy (non-hydrogen) atoms. The van der Waals surface area contributed by atoms with Crippen LogP contribution in [0, 0.1) is 5.92 Å². The molecule has 1 aliphatic heterocycles. The van der Waals surface area contributed by atoms with Crippen molar-refractivity contribution in [3.8, 4) is 0 Å². The second-order valence-corrected chi connectivity index (χ2v) is 6.70. The number of fused-ring (bicyclic) bond motifs is 1. The Bertz CT molecular complexity index is 565. The van der Waals surface area contributed by atoms with E-state index in [0.29, 0.717) is 6.54 Å². The summed E-state index contributed by atoms with van der Waals surface area (Å²) >= 11 is 1.67. The third-order valence-electron chi connectivity index (χ3n) is 3.83. The summed E-state index contributed by atoms with van der Waals surface area (Å²) in [5.74, 6) is 1.82. The van der Waals surface area contributed by atoms with Crippen molar-refractivity contribution in [1.29, 1.82) is 0 Å². The molecule has 0 saturated carbocycles. The maximum absolute atomic E-state index is 5.93. The lowest BCUT2D eigenvalue weighted by Crippen LogP contribution is -2.47. The largest absolute Gasteiger partial charge is 0.352 e. The van der Waals surface area contributed by atoms with Gasteiger partial charge in [-0.05, 0) is 5.92 Å². The maximum Gasteiger partial charge on any atom is 0.195 e. The van der Waals surface area contributed by atoms with Crippen LogP contribution in [0.1, 0.15) is 19.5 Å². The molecule has 0 bridgehead atoms. The zero-order valence-corrected chi connectivity index (χ0v) is 13.1. The average Bonchev–Trinajstić information content (AvgIpc) is 2.98. The molecule has 2 aromatic heterocycles. The molecule has 3 rings (SSSR count). The molecule has 1 fully saturated rings. The van der Waals surface area contributed by atoms with Gasteiger partial charge in [0.15, 0.2) is 10.8 Å². The predicted octanol–water partition coefficient (Wildman–Crippen LogP) is 1.63. The van der Waals surface area contributed by atoms with Crippen molar-refractivity contribution in [2.75, 3.05) is 37.6 Å². The Kier molecular flexibility index (Phi) is 3.96. The second-order valence-electron chi connectivity index (χ2n) is 5.82. The number of nitrogens with zero attached hydrogens (tertiary/aromatic N) is 4. The minimum absolute atomic E-state index is 0.541. The molecule has 2 N–H and O–H groups in total. The first-order valence-electron chi connectivity index (χ1n) is 7.31. The highest BCUT2D eigenvalue weighted by Crippen LogP contribution is 2.25. The number of hydrogen-bond acceptors (Lipinski definition) is 5. The van der Waals surface area contributed by atoms with Gasteiger partial charge in [0.05, 0.1) is 5.69 Å². The number of aromatic nitrogens is 2. The Morgan fingerprint density at radius 3 is 2.70 bits per heavy atom. The molecule has 0 radical (unpaired) electrons. The smallest absolute Gasteiger partial charge is 0.195 e. The average molecular weight is 293 g/mol. The van der Waals surface area contributed by atoms with E-state index < -0.39 is 0 Å². The summed E-state index contributed by atoms with van der Waals surface area (Å²) in [6, 6.07) is 0. The molecule has 2 aromatic rings. The minimum Gasteiger partial charge on any atom is -0.352 e. The van der Waals surface area contributed by atoms with E-state index in [1.807, 2.05) is 0 Å². The van der Waals surface area contributed by atoms with E-state index in [-0.39, 0.29) is 0 Å². The number of rotatable bonds is 4. The van der Waals surface area contributed by atoms with Crippen LogP contribution < -0.4 is 10.6 Å². The number of piperazine rings is 1.